The summed E-state index contributed by atoms with van der Waals surface area (Å²) in [6, 6.07) is 0. The lowest BCUT2D eigenvalue weighted by molar-refractivity contribution is 0.542. The number of aliphatic imine (C=N–C) groups is 1. The van der Waals surface area contributed by atoms with Crippen LogP contribution in [0.3, 0.4) is 0 Å². The van der Waals surface area contributed by atoms with E-state index in [1.54, 1.807) is 0 Å². The molecule has 1 rings (SSSR count). The van der Waals surface area contributed by atoms with Crippen LogP contribution in [0, 0.1) is 0 Å². The summed E-state index contributed by atoms with van der Waals surface area (Å²) >= 11 is 4.40. The maximum Gasteiger partial charge on any atom is 0.0998 e. The normalized spacial score (nSPS) is 33.1. The summed E-state index contributed by atoms with van der Waals surface area (Å²) in [6.45, 7) is 8.19. The van der Waals surface area contributed by atoms with Gasteiger partial charge in [-0.2, -0.15) is 12.6 Å². The lowest BCUT2D eigenvalue weighted by Crippen LogP contribution is -2.51. The fourth-order valence-electron chi connectivity index (χ4n) is 1.83. The van der Waals surface area contributed by atoms with Gasteiger partial charge in [0.25, 0.3) is 0 Å². The molecule has 1 aliphatic heterocycles. The highest BCUT2D eigenvalue weighted by Crippen LogP contribution is 2.29. The number of thiol groups is 1. The Morgan fingerprint density at radius 2 is 2.07 bits per heavy atom. The van der Waals surface area contributed by atoms with Gasteiger partial charge < -0.3 is 5.32 Å². The molecule has 2 nitrogen and oxygen atoms in total. The molecule has 0 bridgehead atoms. The number of nitrogens with one attached hydrogen (secondary N) is 1. The second-order valence-corrected chi connectivity index (χ2v) is 4.00. The van der Waals surface area contributed by atoms with Crippen LogP contribution in [-0.4, -0.2) is 17.1 Å². The van der Waals surface area contributed by atoms with Crippen molar-refractivity contribution in [2.45, 2.75) is 33.2 Å². The quantitative estimate of drug-likeness (QED) is 0.639. The Morgan fingerprint density at radius 3 is 2.50 bits per heavy atom. The van der Waals surface area contributed by atoms with Gasteiger partial charge in [-0.05, 0) is 33.3 Å². The SMILES string of the molecule is C/C=C1\C(=C/C)N=C(C)NC1(C)CS. The molecule has 1 aliphatic rings. The van der Waals surface area contributed by atoms with E-state index in [-0.39, 0.29) is 5.54 Å². The van der Waals surface area contributed by atoms with Crippen LogP contribution in [0.4, 0.5) is 0 Å². The molecule has 0 aromatic heterocycles. The Labute approximate surface area is 91.6 Å². The van der Waals surface area contributed by atoms with Crippen molar-refractivity contribution in [1.29, 1.82) is 0 Å². The average molecular weight is 210 g/mol. The minimum absolute atomic E-state index is 0.0917. The second-order valence-electron chi connectivity index (χ2n) is 3.69. The van der Waals surface area contributed by atoms with E-state index in [9.17, 15) is 0 Å². The molecule has 0 saturated heterocycles. The van der Waals surface area contributed by atoms with Gasteiger partial charge >= 0.3 is 0 Å². The number of rotatable bonds is 1. The Kier molecular flexibility index (Phi) is 3.43. The van der Waals surface area contributed by atoms with Crippen LogP contribution >= 0.6 is 12.6 Å². The van der Waals surface area contributed by atoms with E-state index in [0.717, 1.165) is 17.3 Å². The fourth-order valence-corrected chi connectivity index (χ4v) is 2.08. The van der Waals surface area contributed by atoms with Crippen molar-refractivity contribution in [3.8, 4) is 0 Å². The molecule has 1 unspecified atom stereocenters. The van der Waals surface area contributed by atoms with E-state index in [1.165, 1.54) is 5.57 Å². The molecule has 3 heteroatoms. The first-order chi connectivity index (χ1) is 6.57. The van der Waals surface area contributed by atoms with Gasteiger partial charge in [-0.1, -0.05) is 12.2 Å². The van der Waals surface area contributed by atoms with Gasteiger partial charge in [-0.25, -0.2) is 4.99 Å². The van der Waals surface area contributed by atoms with Crippen LogP contribution in [-0.2, 0) is 0 Å². The van der Waals surface area contributed by atoms with Crippen LogP contribution in [0.1, 0.15) is 27.7 Å². The van der Waals surface area contributed by atoms with Crippen molar-refractivity contribution >= 4 is 18.5 Å². The molecule has 1 atom stereocenters. The first kappa shape index (κ1) is 11.4. The van der Waals surface area contributed by atoms with Crippen molar-refractivity contribution in [3.05, 3.63) is 23.4 Å². The minimum atomic E-state index is -0.0917. The smallest absolute Gasteiger partial charge is 0.0998 e. The van der Waals surface area contributed by atoms with Gasteiger partial charge in [0.2, 0.25) is 0 Å². The third-order valence-electron chi connectivity index (χ3n) is 2.49. The zero-order chi connectivity index (χ0) is 10.8. The Morgan fingerprint density at radius 1 is 1.43 bits per heavy atom. The molecular formula is C11H18N2S. The van der Waals surface area contributed by atoms with E-state index < -0.39 is 0 Å². The monoisotopic (exact) mass is 210 g/mol. The zero-order valence-corrected chi connectivity index (χ0v) is 10.2. The second kappa shape index (κ2) is 4.22. The molecule has 1 N–H and O–H groups in total. The topological polar surface area (TPSA) is 24.4 Å². The van der Waals surface area contributed by atoms with E-state index in [0.29, 0.717) is 0 Å². The summed E-state index contributed by atoms with van der Waals surface area (Å²) in [5, 5.41) is 3.37. The minimum Gasteiger partial charge on any atom is -0.364 e. The summed E-state index contributed by atoms with van der Waals surface area (Å²) < 4.78 is 0. The Bertz CT molecular complexity index is 315. The van der Waals surface area contributed by atoms with Crippen LogP contribution in [0.5, 0.6) is 0 Å². The molecule has 1 heterocycles. The fraction of sp³-hybridized carbons (Fsp3) is 0.545. The summed E-state index contributed by atoms with van der Waals surface area (Å²) in [5.41, 5.74) is 2.19. The molecular weight excluding hydrogens is 192 g/mol. The standard InChI is InChI=1S/C11H18N2S/c1-5-9-10(6-2)12-8(3)13-11(9,4)7-14/h5-6,14H,7H2,1-4H3,(H,12,13)/b9-5+,10-6+. The van der Waals surface area contributed by atoms with E-state index in [2.05, 4.69) is 35.9 Å². The van der Waals surface area contributed by atoms with Crippen LogP contribution in [0.2, 0.25) is 0 Å². The number of nitrogens with zero attached hydrogens (tertiary/aromatic N) is 1. The maximum atomic E-state index is 4.46. The van der Waals surface area contributed by atoms with Crippen LogP contribution < -0.4 is 5.32 Å². The molecule has 0 aromatic carbocycles. The van der Waals surface area contributed by atoms with E-state index >= 15 is 0 Å². The van der Waals surface area contributed by atoms with Gasteiger partial charge in [-0.3, -0.25) is 0 Å². The van der Waals surface area contributed by atoms with Crippen molar-refractivity contribution in [1.82, 2.24) is 5.32 Å². The molecule has 0 aliphatic carbocycles. The van der Waals surface area contributed by atoms with Gasteiger partial charge in [-0.15, -0.1) is 0 Å². The summed E-state index contributed by atoms with van der Waals surface area (Å²) in [4.78, 5) is 4.46. The predicted molar refractivity (Wildman–Crippen MR) is 66.0 cm³/mol. The molecule has 14 heavy (non-hydrogen) atoms. The van der Waals surface area contributed by atoms with E-state index in [1.807, 2.05) is 26.8 Å². The highest BCUT2D eigenvalue weighted by Gasteiger charge is 2.32. The molecule has 0 radical (unpaired) electrons. The number of hydrogen-bond donors (Lipinski definition) is 2. The number of hydrogen-bond acceptors (Lipinski definition) is 3. The number of allylic oxidation sites excluding steroid dienone is 2. The third-order valence-corrected chi connectivity index (χ3v) is 3.13. The predicted octanol–water partition coefficient (Wildman–Crippen LogP) is 2.55. The summed E-state index contributed by atoms with van der Waals surface area (Å²) in [7, 11) is 0. The molecule has 78 valence electrons. The van der Waals surface area contributed by atoms with E-state index in [4.69, 9.17) is 0 Å². The third kappa shape index (κ3) is 1.87. The molecule has 0 aromatic rings. The van der Waals surface area contributed by atoms with Gasteiger partial charge in [0.15, 0.2) is 0 Å². The maximum absolute atomic E-state index is 4.46. The Balaban J connectivity index is 3.22. The van der Waals surface area contributed by atoms with Crippen molar-refractivity contribution in [2.75, 3.05) is 5.75 Å². The molecule has 0 amide bonds. The molecule has 0 spiro atoms. The largest absolute Gasteiger partial charge is 0.364 e. The molecule has 0 saturated carbocycles. The average Bonchev–Trinajstić information content (AvgIpc) is 2.16. The lowest BCUT2D eigenvalue weighted by atomic mass is 9.89. The van der Waals surface area contributed by atoms with Crippen LogP contribution in [0.15, 0.2) is 28.4 Å². The van der Waals surface area contributed by atoms with Gasteiger partial charge in [0.1, 0.15) is 0 Å². The Hall–Kier alpha value is -0.700. The highest BCUT2D eigenvalue weighted by molar-refractivity contribution is 7.80. The molecule has 0 fully saturated rings. The van der Waals surface area contributed by atoms with Crippen molar-refractivity contribution in [2.24, 2.45) is 4.99 Å². The van der Waals surface area contributed by atoms with Gasteiger partial charge in [0, 0.05) is 5.75 Å². The van der Waals surface area contributed by atoms with Crippen molar-refractivity contribution < 1.29 is 0 Å². The zero-order valence-electron chi connectivity index (χ0n) is 9.26. The van der Waals surface area contributed by atoms with Crippen molar-refractivity contribution in [3.63, 3.8) is 0 Å². The highest BCUT2D eigenvalue weighted by atomic mass is 32.1. The first-order valence-corrected chi connectivity index (χ1v) is 5.48. The summed E-state index contributed by atoms with van der Waals surface area (Å²) in [5.74, 6) is 1.72. The van der Waals surface area contributed by atoms with Crippen LogP contribution in [0.25, 0.3) is 0 Å². The van der Waals surface area contributed by atoms with Gasteiger partial charge in [0.05, 0.1) is 17.1 Å². The lowest BCUT2D eigenvalue weighted by Gasteiger charge is -2.36. The number of amidine groups is 1. The first-order valence-electron chi connectivity index (χ1n) is 4.85. The summed E-state index contributed by atoms with van der Waals surface area (Å²) in [6.07, 6.45) is 4.15.